The highest BCUT2D eigenvalue weighted by Gasteiger charge is 2.33. The third kappa shape index (κ3) is 5.10. The highest BCUT2D eigenvalue weighted by Crippen LogP contribution is 2.45. The maximum Gasteiger partial charge on any atom is 0.0972 e. The number of fused-ring (bicyclic) bond motifs is 12. The minimum absolute atomic E-state index is 0.0348. The van der Waals surface area contributed by atoms with Crippen molar-refractivity contribution in [3.05, 3.63) is 217 Å². The lowest BCUT2D eigenvalue weighted by Crippen LogP contribution is -2.26. The molecule has 3 heterocycles. The van der Waals surface area contributed by atoms with Gasteiger partial charge in [0.2, 0.25) is 0 Å². The zero-order valence-electron chi connectivity index (χ0n) is 31.5. The van der Waals surface area contributed by atoms with Crippen molar-refractivity contribution in [3.8, 4) is 33.6 Å². The van der Waals surface area contributed by atoms with Gasteiger partial charge in [-0.3, -0.25) is 4.99 Å². The number of pyridine rings is 2. The minimum atomic E-state index is 0.0348. The summed E-state index contributed by atoms with van der Waals surface area (Å²) in [6, 6.07) is 63.2. The standard InChI is InChI=1S/C55H35N3/c1-2-13-34(14-3-1)48-31-27-35-25-26-36-28-32-50(58-55(36)54(35)56-48)44-30-29-39(40-17-4-5-18-41(40)44)37-15-12-16-38(33-37)53-52-46-22-9-7-20-43(46)42-19-6-8-21-45(42)51(52)47-23-10-11-24-49(47)57-53/h1-33,47,49H. The van der Waals surface area contributed by atoms with Crippen molar-refractivity contribution >= 4 is 59.8 Å². The molecule has 12 rings (SSSR count). The van der Waals surface area contributed by atoms with E-state index in [1.54, 1.807) is 0 Å². The SMILES string of the molecule is C1=CC2N=C(c3cccc(-c4ccc(-c5ccc6ccc7ccc(-c8ccccc8)nc7c6n5)c5ccccc45)c3)c3c(c4ccccc4c4ccccc34)C2C=C1. The molecular weight excluding hydrogens is 703 g/mol. The maximum atomic E-state index is 5.56. The molecule has 2 aliphatic rings. The molecule has 3 heteroatoms. The molecule has 0 saturated carbocycles. The highest BCUT2D eigenvalue weighted by atomic mass is 14.8. The number of rotatable bonds is 4. The van der Waals surface area contributed by atoms with E-state index in [9.17, 15) is 0 Å². The Labute approximate surface area is 336 Å². The Bertz CT molecular complexity index is 3410. The van der Waals surface area contributed by atoms with E-state index in [-0.39, 0.29) is 12.0 Å². The molecule has 3 nitrogen and oxygen atoms in total. The lowest BCUT2D eigenvalue weighted by atomic mass is 9.76. The third-order valence-electron chi connectivity index (χ3n) is 12.2. The summed E-state index contributed by atoms with van der Waals surface area (Å²) in [6.45, 7) is 0. The van der Waals surface area contributed by atoms with Gasteiger partial charge in [-0.05, 0) is 67.2 Å². The van der Waals surface area contributed by atoms with E-state index >= 15 is 0 Å². The van der Waals surface area contributed by atoms with Crippen LogP contribution in [-0.2, 0) is 0 Å². The second kappa shape index (κ2) is 13.0. The summed E-state index contributed by atoms with van der Waals surface area (Å²) in [7, 11) is 0. The summed E-state index contributed by atoms with van der Waals surface area (Å²) in [5.74, 6) is 0.182. The van der Waals surface area contributed by atoms with Crippen molar-refractivity contribution < 1.29 is 0 Å². The molecule has 1 aliphatic carbocycles. The first-order valence-electron chi connectivity index (χ1n) is 20.0. The van der Waals surface area contributed by atoms with Gasteiger partial charge in [-0.1, -0.05) is 182 Å². The Morgan fingerprint density at radius 3 is 1.71 bits per heavy atom. The van der Waals surface area contributed by atoms with Crippen molar-refractivity contribution in [1.82, 2.24) is 9.97 Å². The molecule has 0 saturated heterocycles. The van der Waals surface area contributed by atoms with Crippen LogP contribution < -0.4 is 0 Å². The second-order valence-corrected chi connectivity index (χ2v) is 15.4. The van der Waals surface area contributed by atoms with Gasteiger partial charge in [-0.15, -0.1) is 0 Å². The largest absolute Gasteiger partial charge is 0.276 e. The summed E-state index contributed by atoms with van der Waals surface area (Å²) in [5, 5.41) is 9.61. The number of aliphatic imine (C=N–C) groups is 1. The summed E-state index contributed by atoms with van der Waals surface area (Å²) in [6.07, 6.45) is 8.92. The van der Waals surface area contributed by atoms with E-state index in [4.69, 9.17) is 15.0 Å². The van der Waals surface area contributed by atoms with Gasteiger partial charge in [-0.25, -0.2) is 9.97 Å². The lowest BCUT2D eigenvalue weighted by Gasteiger charge is -2.32. The van der Waals surface area contributed by atoms with Crippen molar-refractivity contribution in [1.29, 1.82) is 0 Å². The van der Waals surface area contributed by atoms with Crippen LogP contribution in [0.5, 0.6) is 0 Å². The van der Waals surface area contributed by atoms with E-state index in [1.807, 2.05) is 6.07 Å². The van der Waals surface area contributed by atoms with Crippen LogP contribution in [0.15, 0.2) is 205 Å². The van der Waals surface area contributed by atoms with Gasteiger partial charge in [0.15, 0.2) is 0 Å². The summed E-state index contributed by atoms with van der Waals surface area (Å²) in [5.41, 5.74) is 13.0. The number of benzene rings is 8. The van der Waals surface area contributed by atoms with Gasteiger partial charge in [0.1, 0.15) is 0 Å². The fourth-order valence-corrected chi connectivity index (χ4v) is 9.48. The van der Waals surface area contributed by atoms with Crippen LogP contribution in [0.1, 0.15) is 22.6 Å². The average Bonchev–Trinajstić information content (AvgIpc) is 3.30. The maximum absolute atomic E-state index is 5.56. The third-order valence-corrected chi connectivity index (χ3v) is 12.2. The zero-order valence-corrected chi connectivity index (χ0v) is 31.5. The Kier molecular flexibility index (Phi) is 7.36. The smallest absolute Gasteiger partial charge is 0.0972 e. The summed E-state index contributed by atoms with van der Waals surface area (Å²) < 4.78 is 0. The summed E-state index contributed by atoms with van der Waals surface area (Å²) >= 11 is 0. The first-order chi connectivity index (χ1) is 28.8. The van der Waals surface area contributed by atoms with Crippen LogP contribution in [0, 0.1) is 0 Å². The highest BCUT2D eigenvalue weighted by molar-refractivity contribution is 6.27. The molecular formula is C55H35N3. The lowest BCUT2D eigenvalue weighted by molar-refractivity contribution is 0.709. The fraction of sp³-hybridized carbons (Fsp3) is 0.0364. The van der Waals surface area contributed by atoms with Crippen LogP contribution >= 0.6 is 0 Å². The second-order valence-electron chi connectivity index (χ2n) is 15.4. The number of allylic oxidation sites excluding steroid dienone is 2. The molecule has 0 amide bonds. The monoisotopic (exact) mass is 737 g/mol. The van der Waals surface area contributed by atoms with Gasteiger partial charge < -0.3 is 0 Å². The molecule has 0 bridgehead atoms. The van der Waals surface area contributed by atoms with Crippen molar-refractivity contribution in [2.45, 2.75) is 12.0 Å². The number of hydrogen-bond donors (Lipinski definition) is 0. The van der Waals surface area contributed by atoms with E-state index in [0.29, 0.717) is 0 Å². The Balaban J connectivity index is 1.01. The minimum Gasteiger partial charge on any atom is -0.276 e. The predicted octanol–water partition coefficient (Wildman–Crippen LogP) is 13.7. The van der Waals surface area contributed by atoms with Crippen LogP contribution in [0.3, 0.4) is 0 Å². The fourth-order valence-electron chi connectivity index (χ4n) is 9.48. The molecule has 2 atom stereocenters. The van der Waals surface area contributed by atoms with Crippen molar-refractivity contribution in [2.24, 2.45) is 4.99 Å². The molecule has 0 N–H and O–H groups in total. The molecule has 270 valence electrons. The van der Waals surface area contributed by atoms with Gasteiger partial charge in [0, 0.05) is 38.9 Å². The van der Waals surface area contributed by atoms with Crippen LogP contribution in [0.4, 0.5) is 0 Å². The van der Waals surface area contributed by atoms with Crippen molar-refractivity contribution in [2.75, 3.05) is 0 Å². The van der Waals surface area contributed by atoms with Gasteiger partial charge in [0.25, 0.3) is 0 Å². The molecule has 0 spiro atoms. The molecule has 58 heavy (non-hydrogen) atoms. The van der Waals surface area contributed by atoms with E-state index in [1.165, 1.54) is 43.6 Å². The molecule has 0 radical (unpaired) electrons. The molecule has 0 fully saturated rings. The number of aromatic nitrogens is 2. The Morgan fingerprint density at radius 1 is 0.379 bits per heavy atom. The van der Waals surface area contributed by atoms with Gasteiger partial charge in [0.05, 0.1) is 34.2 Å². The number of hydrogen-bond acceptors (Lipinski definition) is 3. The molecule has 2 aromatic heterocycles. The molecule has 10 aromatic rings. The Morgan fingerprint density at radius 2 is 0.931 bits per heavy atom. The predicted molar refractivity (Wildman–Crippen MR) is 243 cm³/mol. The van der Waals surface area contributed by atoms with Crippen LogP contribution in [0.25, 0.3) is 87.8 Å². The van der Waals surface area contributed by atoms with Crippen molar-refractivity contribution in [3.63, 3.8) is 0 Å². The van der Waals surface area contributed by atoms with Crippen LogP contribution in [0.2, 0.25) is 0 Å². The quantitative estimate of drug-likeness (QED) is 0.169. The average molecular weight is 738 g/mol. The van der Waals surface area contributed by atoms with Crippen LogP contribution in [-0.4, -0.2) is 21.7 Å². The normalized spacial score (nSPS) is 15.9. The van der Waals surface area contributed by atoms with Gasteiger partial charge in [-0.2, -0.15) is 0 Å². The van der Waals surface area contributed by atoms with E-state index in [2.05, 4.69) is 194 Å². The Hall–Kier alpha value is -7.49. The molecule has 8 aromatic carbocycles. The topological polar surface area (TPSA) is 38.1 Å². The molecule has 2 unspecified atom stereocenters. The number of nitrogens with zero attached hydrogens (tertiary/aromatic N) is 3. The first-order valence-corrected chi connectivity index (χ1v) is 20.0. The van der Waals surface area contributed by atoms with E-state index in [0.717, 1.165) is 66.5 Å². The van der Waals surface area contributed by atoms with E-state index < -0.39 is 0 Å². The zero-order chi connectivity index (χ0) is 38.2. The van der Waals surface area contributed by atoms with Gasteiger partial charge >= 0.3 is 0 Å². The summed E-state index contributed by atoms with van der Waals surface area (Å²) in [4.78, 5) is 16.1. The first kappa shape index (κ1) is 32.7. The molecule has 1 aliphatic heterocycles.